The number of alkyl halides is 3. The number of thiol groups is 1. The maximum atomic E-state index is 13.4. The van der Waals surface area contributed by atoms with Crippen molar-refractivity contribution in [2.75, 3.05) is 5.32 Å². The van der Waals surface area contributed by atoms with Gasteiger partial charge in [-0.3, -0.25) is 10.1 Å². The number of carbonyl (C=O) groups is 1. The topological polar surface area (TPSA) is 75.4 Å². The van der Waals surface area contributed by atoms with Gasteiger partial charge < -0.3 is 9.52 Å². The van der Waals surface area contributed by atoms with Crippen LogP contribution < -0.4 is 5.32 Å². The number of rotatable bonds is 7. The predicted octanol–water partition coefficient (Wildman–Crippen LogP) is 7.54. The van der Waals surface area contributed by atoms with E-state index in [1.165, 1.54) is 0 Å². The van der Waals surface area contributed by atoms with Crippen molar-refractivity contribution in [3.8, 4) is 28.5 Å². The minimum atomic E-state index is -4.61. The quantitative estimate of drug-likeness (QED) is 0.224. The summed E-state index contributed by atoms with van der Waals surface area (Å²) < 4.78 is 45.1. The Hall–Kier alpha value is -3.72. The molecular weight excluding hydrogens is 489 g/mol. The zero-order valence-corrected chi connectivity index (χ0v) is 20.1. The smallest absolute Gasteiger partial charge is 0.416 e. The minimum absolute atomic E-state index is 0.0767. The lowest BCUT2D eigenvalue weighted by atomic mass is 9.91. The summed E-state index contributed by atoms with van der Waals surface area (Å²) in [6.07, 6.45) is -3.76. The van der Waals surface area contributed by atoms with E-state index in [4.69, 9.17) is 4.42 Å². The Morgan fingerprint density at radius 3 is 2.42 bits per heavy atom. The summed E-state index contributed by atoms with van der Waals surface area (Å²) in [5, 5.41) is 13.1. The number of oxazole rings is 1. The van der Waals surface area contributed by atoms with Gasteiger partial charge in [0.05, 0.1) is 11.5 Å². The van der Waals surface area contributed by atoms with Crippen molar-refractivity contribution in [2.24, 2.45) is 0 Å². The molecule has 3 aromatic carbocycles. The van der Waals surface area contributed by atoms with E-state index in [1.807, 2.05) is 43.3 Å². The van der Waals surface area contributed by atoms with E-state index in [2.05, 4.69) is 22.9 Å². The second-order valence-electron chi connectivity index (χ2n) is 8.18. The first-order chi connectivity index (χ1) is 17.2. The number of benzene rings is 3. The Morgan fingerprint density at radius 1 is 1.08 bits per heavy atom. The largest absolute Gasteiger partial charge is 0.508 e. The second-order valence-corrected chi connectivity index (χ2v) is 8.66. The molecule has 1 unspecified atom stereocenters. The van der Waals surface area contributed by atoms with Crippen molar-refractivity contribution in [1.29, 1.82) is 0 Å². The summed E-state index contributed by atoms with van der Waals surface area (Å²) in [6, 6.07) is 18.9. The maximum absolute atomic E-state index is 13.4. The number of phenols is 1. The molecule has 4 aromatic rings. The average Bonchev–Trinajstić information content (AvgIpc) is 3.26. The lowest BCUT2D eigenvalue weighted by molar-refractivity contribution is -0.137. The highest BCUT2D eigenvalue weighted by molar-refractivity contribution is 7.80. The molecule has 0 fully saturated rings. The average molecular weight is 513 g/mol. The summed E-state index contributed by atoms with van der Waals surface area (Å²) in [5.74, 6) is -1.70. The van der Waals surface area contributed by atoms with Crippen LogP contribution in [0.3, 0.4) is 0 Å². The van der Waals surface area contributed by atoms with Crippen LogP contribution >= 0.6 is 12.6 Å². The fourth-order valence-corrected chi connectivity index (χ4v) is 4.16. The zero-order chi connectivity index (χ0) is 25.9. The molecule has 0 saturated heterocycles. The van der Waals surface area contributed by atoms with E-state index < -0.39 is 29.3 Å². The molecule has 2 N–H and O–H groups in total. The number of hydrogen-bond donors (Lipinski definition) is 3. The fourth-order valence-electron chi connectivity index (χ4n) is 3.90. The Morgan fingerprint density at radius 2 is 1.78 bits per heavy atom. The molecule has 4 rings (SSSR count). The van der Waals surface area contributed by atoms with Crippen molar-refractivity contribution in [3.05, 3.63) is 83.9 Å². The first kappa shape index (κ1) is 25.4. The maximum Gasteiger partial charge on any atom is 0.416 e. The van der Waals surface area contributed by atoms with Gasteiger partial charge in [0.1, 0.15) is 11.4 Å². The third kappa shape index (κ3) is 5.41. The third-order valence-corrected chi connectivity index (χ3v) is 6.06. The molecule has 5 nitrogen and oxygen atoms in total. The standard InChI is InChI=1S/C27H23F3N2O3S/c1-2-8-19(18-14-13-17(15-21(18)33)27(28,29)30)24(34)32-26-23(20-11-6-7-12-22(20)36)31-25(35-26)16-9-4-3-5-10-16/h3-7,9-15,19,33,36H,2,8H2,1H3,(H,32,34). The SMILES string of the molecule is CCCC(C(=O)Nc1oc(-c2ccccc2)nc1-c1ccccc1S)c1ccc(C(F)(F)F)cc1O. The molecular formula is C27H23F3N2O3S. The van der Waals surface area contributed by atoms with Crippen LogP contribution in [0.25, 0.3) is 22.7 Å². The van der Waals surface area contributed by atoms with Gasteiger partial charge in [0.25, 0.3) is 0 Å². The van der Waals surface area contributed by atoms with Crippen molar-refractivity contribution < 1.29 is 27.5 Å². The minimum Gasteiger partial charge on any atom is -0.508 e. The van der Waals surface area contributed by atoms with Gasteiger partial charge in [-0.25, -0.2) is 4.98 Å². The molecule has 1 aromatic heterocycles. The van der Waals surface area contributed by atoms with E-state index in [0.29, 0.717) is 40.6 Å². The van der Waals surface area contributed by atoms with Crippen molar-refractivity contribution >= 4 is 24.4 Å². The van der Waals surface area contributed by atoms with Crippen LogP contribution in [-0.2, 0) is 11.0 Å². The van der Waals surface area contributed by atoms with E-state index in [1.54, 1.807) is 18.2 Å². The molecule has 0 spiro atoms. The van der Waals surface area contributed by atoms with Crippen LogP contribution in [0.1, 0.15) is 36.8 Å². The lowest BCUT2D eigenvalue weighted by Gasteiger charge is -2.18. The van der Waals surface area contributed by atoms with Gasteiger partial charge in [0.2, 0.25) is 17.7 Å². The second kappa shape index (κ2) is 10.5. The van der Waals surface area contributed by atoms with Crippen LogP contribution in [0.4, 0.5) is 19.1 Å². The number of amides is 1. The number of anilines is 1. The molecule has 0 bridgehead atoms. The molecule has 0 aliphatic rings. The van der Waals surface area contributed by atoms with Gasteiger partial charge in [-0.1, -0.05) is 55.8 Å². The third-order valence-electron chi connectivity index (χ3n) is 5.67. The Bertz CT molecular complexity index is 1370. The molecule has 9 heteroatoms. The summed E-state index contributed by atoms with van der Waals surface area (Å²) in [6.45, 7) is 1.84. The molecule has 0 saturated carbocycles. The number of phenolic OH excluding ortho intramolecular Hbond substituents is 1. The van der Waals surface area contributed by atoms with Gasteiger partial charge in [0.15, 0.2) is 0 Å². The van der Waals surface area contributed by atoms with Crippen LogP contribution in [-0.4, -0.2) is 16.0 Å². The highest BCUT2D eigenvalue weighted by Gasteiger charge is 2.33. The number of halogens is 3. The van der Waals surface area contributed by atoms with E-state index in [-0.39, 0.29) is 17.3 Å². The highest BCUT2D eigenvalue weighted by Crippen LogP contribution is 2.39. The first-order valence-electron chi connectivity index (χ1n) is 11.2. The Kier molecular flexibility index (Phi) is 7.40. The number of nitrogens with one attached hydrogen (secondary N) is 1. The van der Waals surface area contributed by atoms with Crippen LogP contribution in [0, 0.1) is 0 Å². The number of hydrogen-bond acceptors (Lipinski definition) is 5. The monoisotopic (exact) mass is 512 g/mol. The fraction of sp³-hybridized carbons (Fsp3) is 0.185. The number of aromatic hydroxyl groups is 1. The van der Waals surface area contributed by atoms with Gasteiger partial charge >= 0.3 is 6.18 Å². The Balaban J connectivity index is 1.73. The zero-order valence-electron chi connectivity index (χ0n) is 19.2. The number of nitrogens with zero attached hydrogens (tertiary/aromatic N) is 1. The molecule has 186 valence electrons. The number of carbonyl (C=O) groups excluding carboxylic acids is 1. The van der Waals surface area contributed by atoms with E-state index in [0.717, 1.165) is 12.1 Å². The summed E-state index contributed by atoms with van der Waals surface area (Å²) in [5.41, 5.74) is 0.795. The highest BCUT2D eigenvalue weighted by atomic mass is 32.1. The molecule has 0 radical (unpaired) electrons. The molecule has 36 heavy (non-hydrogen) atoms. The predicted molar refractivity (Wildman–Crippen MR) is 134 cm³/mol. The van der Waals surface area contributed by atoms with Gasteiger partial charge in [0, 0.05) is 21.6 Å². The molecule has 1 atom stereocenters. The van der Waals surface area contributed by atoms with Gasteiger partial charge in [-0.05, 0) is 36.8 Å². The van der Waals surface area contributed by atoms with Crippen LogP contribution in [0.5, 0.6) is 5.75 Å². The number of aromatic nitrogens is 1. The molecule has 1 heterocycles. The molecule has 1 amide bonds. The van der Waals surface area contributed by atoms with Gasteiger partial charge in [-0.2, -0.15) is 13.2 Å². The normalized spacial score (nSPS) is 12.4. The van der Waals surface area contributed by atoms with E-state index in [9.17, 15) is 23.1 Å². The summed E-state index contributed by atoms with van der Waals surface area (Å²) >= 11 is 4.50. The van der Waals surface area contributed by atoms with Crippen molar-refractivity contribution in [1.82, 2.24) is 4.98 Å². The van der Waals surface area contributed by atoms with Crippen molar-refractivity contribution in [2.45, 2.75) is 36.8 Å². The van der Waals surface area contributed by atoms with Crippen LogP contribution in [0.15, 0.2) is 82.1 Å². The molecule has 0 aliphatic carbocycles. The Labute approximate surface area is 211 Å². The van der Waals surface area contributed by atoms with Gasteiger partial charge in [-0.15, -0.1) is 12.6 Å². The molecule has 0 aliphatic heterocycles. The van der Waals surface area contributed by atoms with E-state index >= 15 is 0 Å². The summed E-state index contributed by atoms with van der Waals surface area (Å²) in [7, 11) is 0. The summed E-state index contributed by atoms with van der Waals surface area (Å²) in [4.78, 5) is 18.6. The lowest BCUT2D eigenvalue weighted by Crippen LogP contribution is -2.21. The van der Waals surface area contributed by atoms with Crippen LogP contribution in [0.2, 0.25) is 0 Å². The van der Waals surface area contributed by atoms with Crippen molar-refractivity contribution in [3.63, 3.8) is 0 Å². The first-order valence-corrected chi connectivity index (χ1v) is 11.7.